The first-order valence-electron chi connectivity index (χ1n) is 19.3. The minimum absolute atomic E-state index is 0.0419. The van der Waals surface area contributed by atoms with E-state index >= 15 is 0 Å². The lowest BCUT2D eigenvalue weighted by Crippen LogP contribution is -2.47. The molecule has 298 valence electrons. The highest BCUT2D eigenvalue weighted by molar-refractivity contribution is 5.95. The molecule has 0 spiro atoms. The first-order valence-corrected chi connectivity index (χ1v) is 19.3. The van der Waals surface area contributed by atoms with E-state index in [2.05, 4.69) is 36.8 Å². The van der Waals surface area contributed by atoms with Crippen molar-refractivity contribution in [1.29, 1.82) is 0 Å². The van der Waals surface area contributed by atoms with Crippen LogP contribution in [0.3, 0.4) is 0 Å². The van der Waals surface area contributed by atoms with Gasteiger partial charge in [0.05, 0.1) is 29.0 Å². The van der Waals surface area contributed by atoms with Gasteiger partial charge in [-0.05, 0) is 148 Å². The lowest BCUT2D eigenvalue weighted by molar-refractivity contribution is -0.137. The molecule has 6 heterocycles. The van der Waals surface area contributed by atoms with E-state index in [1.54, 1.807) is 11.5 Å². The third-order valence-corrected chi connectivity index (χ3v) is 10.6. The standard InChI is InChI=1S/C42H50N10O5/c1-23-16-29-19-35-25(3)30(9-11-40(53)50-32(8-6-7-13-43)42(56)44-14-15-52-27(5)45-22-39(52)51-57)37(48-35)21-38-31(10-12-41(54)55)26(4)36(49-38)20-34-24(2)17-28(47-34)18-33(23)46-29/h16-22,32,46,49H,6-15,43H2,1-5H3,(H,44,56)(H,50,53)(H,54,55). The van der Waals surface area contributed by atoms with Gasteiger partial charge in [-0.2, -0.15) is 0 Å². The lowest BCUT2D eigenvalue weighted by Gasteiger charge is -2.19. The molecule has 7 N–H and O–H groups in total. The number of fused-ring (bicyclic) bond motifs is 8. The number of nitrogens with two attached hydrogens (primary N) is 1. The number of aliphatic carboxylic acids is 1. The molecule has 2 aliphatic heterocycles. The molecule has 2 aliphatic rings. The van der Waals surface area contributed by atoms with Gasteiger partial charge in [0.2, 0.25) is 11.8 Å². The molecule has 0 aromatic carbocycles. The zero-order chi connectivity index (χ0) is 40.8. The van der Waals surface area contributed by atoms with Crippen molar-refractivity contribution in [3.05, 3.63) is 86.7 Å². The van der Waals surface area contributed by atoms with Gasteiger partial charge < -0.3 is 36.0 Å². The molecule has 8 bridgehead atoms. The second kappa shape index (κ2) is 17.7. The minimum Gasteiger partial charge on any atom is -0.481 e. The van der Waals surface area contributed by atoms with Crippen molar-refractivity contribution < 1.29 is 19.5 Å². The number of nitrogens with one attached hydrogen (secondary N) is 4. The maximum Gasteiger partial charge on any atom is 0.303 e. The smallest absolute Gasteiger partial charge is 0.303 e. The Morgan fingerprint density at radius 3 is 2.46 bits per heavy atom. The zero-order valence-corrected chi connectivity index (χ0v) is 33.1. The van der Waals surface area contributed by atoms with E-state index in [0.29, 0.717) is 56.7 Å². The number of allylic oxidation sites excluding steroid dienone is 3. The number of aromatic amines is 2. The van der Waals surface area contributed by atoms with E-state index in [1.165, 1.54) is 6.20 Å². The van der Waals surface area contributed by atoms with Crippen LogP contribution in [0.2, 0.25) is 0 Å². The van der Waals surface area contributed by atoms with Crippen LogP contribution in [0.15, 0.2) is 41.7 Å². The summed E-state index contributed by atoms with van der Waals surface area (Å²) in [6.07, 6.45) is 5.90. The predicted octanol–water partition coefficient (Wildman–Crippen LogP) is 6.55. The number of aromatic nitrogens is 6. The fourth-order valence-electron chi connectivity index (χ4n) is 7.36. The van der Waals surface area contributed by atoms with Crippen molar-refractivity contribution in [1.82, 2.24) is 40.1 Å². The number of aryl methyl sites for hydroxylation is 4. The van der Waals surface area contributed by atoms with Crippen molar-refractivity contribution in [3.8, 4) is 0 Å². The molecule has 15 heteroatoms. The van der Waals surface area contributed by atoms with Gasteiger partial charge in [-0.3, -0.25) is 14.4 Å². The zero-order valence-electron chi connectivity index (χ0n) is 33.1. The summed E-state index contributed by atoms with van der Waals surface area (Å²) in [7, 11) is 0. The summed E-state index contributed by atoms with van der Waals surface area (Å²) in [5.74, 6) is -0.729. The third-order valence-electron chi connectivity index (χ3n) is 10.6. The molecular formula is C42H50N10O5. The van der Waals surface area contributed by atoms with Crippen molar-refractivity contribution in [2.75, 3.05) is 13.1 Å². The lowest BCUT2D eigenvalue weighted by atomic mass is 10.00. The molecule has 1 unspecified atom stereocenters. The predicted molar refractivity (Wildman–Crippen MR) is 222 cm³/mol. The monoisotopic (exact) mass is 774 g/mol. The molecule has 0 saturated heterocycles. The summed E-state index contributed by atoms with van der Waals surface area (Å²) in [6, 6.07) is 9.23. The molecule has 0 radical (unpaired) electrons. The number of rotatable bonds is 16. The largest absolute Gasteiger partial charge is 0.481 e. The number of H-pyrrole nitrogens is 2. The van der Waals surface area contributed by atoms with Crippen LogP contribution in [0.1, 0.15) is 97.7 Å². The molecule has 4 aromatic heterocycles. The number of carbonyl (C=O) groups is 3. The maximum absolute atomic E-state index is 13.6. The van der Waals surface area contributed by atoms with Crippen LogP contribution in [0.4, 0.5) is 5.82 Å². The number of carboxylic acids is 1. The SMILES string of the molecule is CC1=Cc2cc3[nH]c(cc4nc(cc5[nH]c(cc1n2)c(C)c5CCC(=O)O)C(CCC(=O)NC(CCCCN)C(=O)NCCn1c(N=O)cnc1C)=C4C)cc3C. The van der Waals surface area contributed by atoms with Gasteiger partial charge in [0, 0.05) is 48.0 Å². The first kappa shape index (κ1) is 40.4. The average molecular weight is 775 g/mol. The highest BCUT2D eigenvalue weighted by Crippen LogP contribution is 2.35. The molecule has 0 saturated carbocycles. The van der Waals surface area contributed by atoms with Crippen molar-refractivity contribution >= 4 is 68.5 Å². The Hall–Kier alpha value is -6.22. The quantitative estimate of drug-likeness (QED) is 0.0535. The number of hydrogen-bond acceptors (Lipinski definition) is 9. The number of amides is 2. The first-order chi connectivity index (χ1) is 27.3. The molecule has 0 aliphatic carbocycles. The fourth-order valence-corrected chi connectivity index (χ4v) is 7.36. The topological polar surface area (TPSA) is 226 Å². The number of hydrogen-bond donors (Lipinski definition) is 6. The van der Waals surface area contributed by atoms with E-state index in [4.69, 9.17) is 15.7 Å². The molecule has 2 amide bonds. The summed E-state index contributed by atoms with van der Waals surface area (Å²) in [4.78, 5) is 71.0. The summed E-state index contributed by atoms with van der Waals surface area (Å²) in [5.41, 5.74) is 17.8. The molecule has 1 atom stereocenters. The van der Waals surface area contributed by atoms with Crippen molar-refractivity contribution in [2.45, 2.75) is 92.2 Å². The van der Waals surface area contributed by atoms with Crippen LogP contribution in [0.25, 0.3) is 44.9 Å². The number of unbranched alkanes of at least 4 members (excludes halogenated alkanes) is 1. The van der Waals surface area contributed by atoms with Crippen LogP contribution in [0, 0.1) is 25.7 Å². The van der Waals surface area contributed by atoms with Gasteiger partial charge in [0.15, 0.2) is 5.82 Å². The van der Waals surface area contributed by atoms with Gasteiger partial charge in [-0.15, -0.1) is 4.91 Å². The molecule has 6 rings (SSSR count). The summed E-state index contributed by atoms with van der Waals surface area (Å²) in [5, 5.41) is 18.4. The van der Waals surface area contributed by atoms with E-state index < -0.39 is 12.0 Å². The molecule has 15 nitrogen and oxygen atoms in total. The minimum atomic E-state index is -0.891. The van der Waals surface area contributed by atoms with Gasteiger partial charge in [-0.1, -0.05) is 0 Å². The Bertz CT molecular complexity index is 2450. The Kier molecular flexibility index (Phi) is 12.6. The fraction of sp³-hybridized carbons (Fsp3) is 0.381. The normalized spacial score (nSPS) is 13.1. The van der Waals surface area contributed by atoms with Gasteiger partial charge >= 0.3 is 5.97 Å². The highest BCUT2D eigenvalue weighted by atomic mass is 16.4. The van der Waals surface area contributed by atoms with E-state index in [9.17, 15) is 24.4 Å². The molecule has 0 fully saturated rings. The Balaban J connectivity index is 1.32. The second-order valence-electron chi connectivity index (χ2n) is 14.7. The Morgan fingerprint density at radius 1 is 0.912 bits per heavy atom. The van der Waals surface area contributed by atoms with Crippen LogP contribution in [-0.4, -0.2) is 71.5 Å². The van der Waals surface area contributed by atoms with E-state index in [0.717, 1.165) is 72.6 Å². The van der Waals surface area contributed by atoms with Crippen LogP contribution in [0.5, 0.6) is 0 Å². The molecule has 4 aromatic rings. The number of nitrogens with zero attached hydrogens (tertiary/aromatic N) is 5. The maximum atomic E-state index is 13.6. The second-order valence-corrected chi connectivity index (χ2v) is 14.7. The molecular weight excluding hydrogens is 725 g/mol. The van der Waals surface area contributed by atoms with Crippen LogP contribution < -0.4 is 16.4 Å². The number of carboxylic acid groups (broad SMARTS) is 1. The van der Waals surface area contributed by atoms with Crippen LogP contribution >= 0.6 is 0 Å². The summed E-state index contributed by atoms with van der Waals surface area (Å²) >= 11 is 0. The summed E-state index contributed by atoms with van der Waals surface area (Å²) in [6.45, 7) is 10.8. The number of carbonyl (C=O) groups excluding carboxylic acids is 2. The van der Waals surface area contributed by atoms with Crippen LogP contribution in [-0.2, 0) is 27.3 Å². The highest BCUT2D eigenvalue weighted by Gasteiger charge is 2.23. The molecule has 57 heavy (non-hydrogen) atoms. The third kappa shape index (κ3) is 9.43. The number of imidazole rings is 1. The summed E-state index contributed by atoms with van der Waals surface area (Å²) < 4.78 is 1.62. The van der Waals surface area contributed by atoms with Gasteiger partial charge in [-0.25, -0.2) is 15.0 Å². The van der Waals surface area contributed by atoms with Gasteiger partial charge in [0.25, 0.3) is 0 Å². The van der Waals surface area contributed by atoms with E-state index in [1.807, 2.05) is 58.0 Å². The number of nitroso groups, excluding NO2 is 1. The average Bonchev–Trinajstić information content (AvgIpc) is 3.95. The Morgan fingerprint density at radius 2 is 1.70 bits per heavy atom. The Labute approximate surface area is 330 Å². The van der Waals surface area contributed by atoms with Crippen molar-refractivity contribution in [3.63, 3.8) is 0 Å². The van der Waals surface area contributed by atoms with E-state index in [-0.39, 0.29) is 37.0 Å². The van der Waals surface area contributed by atoms with Crippen molar-refractivity contribution in [2.24, 2.45) is 10.9 Å². The van der Waals surface area contributed by atoms with Gasteiger partial charge in [0.1, 0.15) is 11.9 Å².